The number of hydrogen-bond acceptors (Lipinski definition) is 4. The van der Waals surface area contributed by atoms with Crippen LogP contribution in [0.15, 0.2) is 66.0 Å². The molecule has 2 aromatic heterocycles. The second-order valence-corrected chi connectivity index (χ2v) is 7.68. The third-order valence-electron chi connectivity index (χ3n) is 3.92. The van der Waals surface area contributed by atoms with Gasteiger partial charge in [-0.3, -0.25) is 4.98 Å². The maximum absolute atomic E-state index is 13.3. The normalized spacial score (nSPS) is 11.3. The Kier molecular flexibility index (Phi) is 4.95. The topological polar surface area (TPSA) is 92.5 Å². The zero-order valence-corrected chi connectivity index (χ0v) is 15.1. The smallest absolute Gasteiger partial charge is 0.407 e. The van der Waals surface area contributed by atoms with Crippen molar-refractivity contribution in [1.82, 2.24) is 13.9 Å². The van der Waals surface area contributed by atoms with Gasteiger partial charge in [-0.05, 0) is 53.6 Å². The highest BCUT2D eigenvalue weighted by atomic mass is 32.2. The molecule has 0 fully saturated rings. The molecule has 0 saturated carbocycles. The van der Waals surface area contributed by atoms with Crippen LogP contribution in [0.25, 0.3) is 11.3 Å². The number of aromatic nitrogens is 2. The summed E-state index contributed by atoms with van der Waals surface area (Å²) in [7, 11) is -2.59. The van der Waals surface area contributed by atoms with Crippen LogP contribution in [0, 0.1) is 5.82 Å². The van der Waals surface area contributed by atoms with Crippen molar-refractivity contribution >= 4 is 16.1 Å². The van der Waals surface area contributed by atoms with Gasteiger partial charge in [0.15, 0.2) is 0 Å². The minimum Gasteiger partial charge on any atom is -0.465 e. The number of amides is 1. The largest absolute Gasteiger partial charge is 0.465 e. The number of nitrogens with zero attached hydrogens (tertiary/aromatic N) is 3. The molecular weight excluding hydrogens is 373 g/mol. The number of hydrogen-bond donors (Lipinski definition) is 1. The van der Waals surface area contributed by atoms with Crippen LogP contribution in [-0.2, 0) is 16.6 Å². The van der Waals surface area contributed by atoms with Crippen LogP contribution < -0.4 is 0 Å². The predicted octanol–water partition coefficient (Wildman–Crippen LogP) is 3.04. The number of carbonyl (C=O) groups is 1. The molecule has 0 aliphatic carbocycles. The van der Waals surface area contributed by atoms with Gasteiger partial charge in [-0.25, -0.2) is 21.6 Å². The van der Waals surface area contributed by atoms with Gasteiger partial charge in [0.2, 0.25) is 0 Å². The Balaban J connectivity index is 2.14. The lowest BCUT2D eigenvalue weighted by molar-refractivity contribution is 0.154. The standard InChI is InChI=1S/C18H16FN3O4S/c1-21(18(23)24)11-13-9-17(14-4-6-15(19)7-5-14)22(12-13)27(25,26)16-3-2-8-20-10-16/h2-10,12H,11H2,1H3,(H,23,24). The van der Waals surface area contributed by atoms with Crippen LogP contribution in [0.3, 0.4) is 0 Å². The summed E-state index contributed by atoms with van der Waals surface area (Å²) in [6.07, 6.45) is 2.91. The van der Waals surface area contributed by atoms with E-state index in [1.165, 1.54) is 62.0 Å². The molecule has 3 aromatic rings. The molecule has 140 valence electrons. The van der Waals surface area contributed by atoms with Crippen molar-refractivity contribution in [2.45, 2.75) is 11.4 Å². The second-order valence-electron chi connectivity index (χ2n) is 5.87. The van der Waals surface area contributed by atoms with Crippen molar-refractivity contribution < 1.29 is 22.7 Å². The van der Waals surface area contributed by atoms with E-state index in [0.29, 0.717) is 16.8 Å². The second kappa shape index (κ2) is 7.20. The molecule has 27 heavy (non-hydrogen) atoms. The molecule has 3 rings (SSSR count). The molecule has 1 amide bonds. The lowest BCUT2D eigenvalue weighted by Crippen LogP contribution is -2.23. The lowest BCUT2D eigenvalue weighted by Gasteiger charge is -2.11. The molecular formula is C18H16FN3O4S. The minimum atomic E-state index is -3.97. The summed E-state index contributed by atoms with van der Waals surface area (Å²) in [5.41, 5.74) is 1.26. The van der Waals surface area contributed by atoms with E-state index in [2.05, 4.69) is 4.98 Å². The molecule has 9 heteroatoms. The molecule has 0 radical (unpaired) electrons. The molecule has 0 unspecified atom stereocenters. The molecule has 1 N–H and O–H groups in total. The van der Waals surface area contributed by atoms with E-state index in [-0.39, 0.29) is 11.4 Å². The van der Waals surface area contributed by atoms with Crippen molar-refractivity contribution in [3.05, 3.63) is 72.4 Å². The fourth-order valence-electron chi connectivity index (χ4n) is 2.57. The van der Waals surface area contributed by atoms with Gasteiger partial charge in [0.25, 0.3) is 10.0 Å². The van der Waals surface area contributed by atoms with E-state index >= 15 is 0 Å². The van der Waals surface area contributed by atoms with Crippen molar-refractivity contribution in [2.24, 2.45) is 0 Å². The third-order valence-corrected chi connectivity index (χ3v) is 5.58. The monoisotopic (exact) mass is 389 g/mol. The molecule has 7 nitrogen and oxygen atoms in total. The molecule has 0 aliphatic rings. The first-order valence-electron chi connectivity index (χ1n) is 7.86. The minimum absolute atomic E-state index is 0.000905. The third kappa shape index (κ3) is 3.82. The summed E-state index contributed by atoms with van der Waals surface area (Å²) in [5.74, 6) is -0.446. The lowest BCUT2D eigenvalue weighted by atomic mass is 10.1. The molecule has 1 aromatic carbocycles. The number of pyridine rings is 1. The molecule has 0 bridgehead atoms. The van der Waals surface area contributed by atoms with E-state index in [1.54, 1.807) is 6.07 Å². The van der Waals surface area contributed by atoms with Crippen LogP contribution in [0.2, 0.25) is 0 Å². The Morgan fingerprint density at radius 3 is 2.56 bits per heavy atom. The van der Waals surface area contributed by atoms with Gasteiger partial charge in [-0.1, -0.05) is 0 Å². The SMILES string of the molecule is CN(Cc1cc(-c2ccc(F)cc2)n(S(=O)(=O)c2cccnc2)c1)C(=O)O. The maximum Gasteiger partial charge on any atom is 0.407 e. The van der Waals surface area contributed by atoms with Gasteiger partial charge in [-0.2, -0.15) is 0 Å². The molecule has 0 saturated heterocycles. The van der Waals surface area contributed by atoms with Gasteiger partial charge in [0.1, 0.15) is 10.7 Å². The summed E-state index contributed by atoms with van der Waals surface area (Å²) in [6.45, 7) is -0.000905. The van der Waals surface area contributed by atoms with Crippen LogP contribution in [0.1, 0.15) is 5.56 Å². The van der Waals surface area contributed by atoms with Crippen LogP contribution in [0.4, 0.5) is 9.18 Å². The fraction of sp³-hybridized carbons (Fsp3) is 0.111. The zero-order valence-electron chi connectivity index (χ0n) is 14.3. The van der Waals surface area contributed by atoms with Crippen LogP contribution in [-0.4, -0.2) is 40.5 Å². The van der Waals surface area contributed by atoms with Gasteiger partial charge in [0.05, 0.1) is 12.2 Å². The first kappa shape index (κ1) is 18.6. The summed E-state index contributed by atoms with van der Waals surface area (Å²) in [5, 5.41) is 9.06. The number of rotatable bonds is 5. The summed E-state index contributed by atoms with van der Waals surface area (Å²) in [4.78, 5) is 15.9. The number of benzene rings is 1. The van der Waals surface area contributed by atoms with Crippen molar-refractivity contribution in [3.63, 3.8) is 0 Å². The van der Waals surface area contributed by atoms with E-state index in [4.69, 9.17) is 5.11 Å². The van der Waals surface area contributed by atoms with Crippen molar-refractivity contribution in [3.8, 4) is 11.3 Å². The number of carboxylic acid groups (broad SMARTS) is 1. The van der Waals surface area contributed by atoms with Gasteiger partial charge in [-0.15, -0.1) is 0 Å². The van der Waals surface area contributed by atoms with E-state index in [0.717, 1.165) is 8.87 Å². The molecule has 0 aliphatic heterocycles. The highest BCUT2D eigenvalue weighted by Crippen LogP contribution is 2.27. The van der Waals surface area contributed by atoms with Crippen LogP contribution in [0.5, 0.6) is 0 Å². The van der Waals surface area contributed by atoms with Gasteiger partial charge < -0.3 is 10.0 Å². The first-order valence-corrected chi connectivity index (χ1v) is 9.30. The molecule has 2 heterocycles. The Hall–Kier alpha value is -3.20. The van der Waals surface area contributed by atoms with E-state index in [9.17, 15) is 17.6 Å². The van der Waals surface area contributed by atoms with Gasteiger partial charge in [0, 0.05) is 25.6 Å². The summed E-state index contributed by atoms with van der Waals surface area (Å²) < 4.78 is 40.4. The van der Waals surface area contributed by atoms with Crippen molar-refractivity contribution in [1.29, 1.82) is 0 Å². The first-order chi connectivity index (χ1) is 12.8. The number of halogens is 1. The summed E-state index contributed by atoms with van der Waals surface area (Å²) in [6, 6.07) is 9.88. The average molecular weight is 389 g/mol. The maximum atomic E-state index is 13.3. The van der Waals surface area contributed by atoms with E-state index in [1.807, 2.05) is 0 Å². The summed E-state index contributed by atoms with van der Waals surface area (Å²) >= 11 is 0. The highest BCUT2D eigenvalue weighted by molar-refractivity contribution is 7.90. The van der Waals surface area contributed by atoms with Crippen molar-refractivity contribution in [2.75, 3.05) is 7.05 Å². The van der Waals surface area contributed by atoms with E-state index < -0.39 is 21.9 Å². The zero-order chi connectivity index (χ0) is 19.6. The predicted molar refractivity (Wildman–Crippen MR) is 96.1 cm³/mol. The highest BCUT2D eigenvalue weighted by Gasteiger charge is 2.23. The average Bonchev–Trinajstić information content (AvgIpc) is 3.07. The Bertz CT molecular complexity index is 1060. The Morgan fingerprint density at radius 1 is 1.26 bits per heavy atom. The van der Waals surface area contributed by atoms with Crippen LogP contribution >= 0.6 is 0 Å². The fourth-order valence-corrected chi connectivity index (χ4v) is 3.93. The quantitative estimate of drug-likeness (QED) is 0.724. The Morgan fingerprint density at radius 2 is 1.96 bits per heavy atom. The molecule has 0 atom stereocenters. The van der Waals surface area contributed by atoms with Gasteiger partial charge >= 0.3 is 6.09 Å². The Labute approximate surface area is 155 Å². The molecule has 0 spiro atoms.